The first kappa shape index (κ1) is 15.1. The van der Waals surface area contributed by atoms with Gasteiger partial charge in [-0.2, -0.15) is 0 Å². The molecule has 21 heavy (non-hydrogen) atoms. The average molecular weight is 293 g/mol. The van der Waals surface area contributed by atoms with Crippen molar-refractivity contribution in [3.63, 3.8) is 0 Å². The van der Waals surface area contributed by atoms with E-state index in [1.165, 1.54) is 58.0 Å². The molecule has 0 unspecified atom stereocenters. The minimum atomic E-state index is 0.616. The lowest BCUT2D eigenvalue weighted by atomic mass is 9.86. The number of hydrogen-bond donors (Lipinski definition) is 1. The quantitative estimate of drug-likeness (QED) is 0.465. The molecule has 3 rings (SSSR count). The molecule has 3 fully saturated rings. The van der Waals surface area contributed by atoms with E-state index in [9.17, 15) is 0 Å². The molecule has 2 aliphatic carbocycles. The van der Waals surface area contributed by atoms with Gasteiger partial charge in [-0.25, -0.2) is 0 Å². The van der Waals surface area contributed by atoms with Crippen LogP contribution < -0.4 is 5.32 Å². The fraction of sp³-hybridized carbons (Fsp3) is 0.941. The Bertz CT molecular complexity index is 359. The van der Waals surface area contributed by atoms with Crippen LogP contribution in [-0.4, -0.2) is 50.8 Å². The van der Waals surface area contributed by atoms with E-state index in [2.05, 4.69) is 15.2 Å². The average Bonchev–Trinajstić information content (AvgIpc) is 3.06. The Balaban J connectivity index is 1.33. The first-order chi connectivity index (χ1) is 10.3. The molecule has 4 heteroatoms. The number of ether oxygens (including phenoxy) is 1. The summed E-state index contributed by atoms with van der Waals surface area (Å²) in [4.78, 5) is 6.94. The van der Waals surface area contributed by atoms with Crippen LogP contribution in [0.2, 0.25) is 0 Å². The molecule has 1 N–H and O–H groups in total. The van der Waals surface area contributed by atoms with Crippen LogP contribution in [0.4, 0.5) is 0 Å². The number of aliphatic imine (C=N–C) groups is 1. The first-order valence-electron chi connectivity index (χ1n) is 8.85. The largest absolute Gasteiger partial charge is 0.381 e. The second-order valence-electron chi connectivity index (χ2n) is 7.22. The number of nitrogens with one attached hydrogen (secondary N) is 1. The van der Waals surface area contributed by atoms with Crippen molar-refractivity contribution in [2.24, 2.45) is 16.3 Å². The van der Waals surface area contributed by atoms with E-state index in [-0.39, 0.29) is 0 Å². The van der Waals surface area contributed by atoms with E-state index >= 15 is 0 Å². The Morgan fingerprint density at radius 1 is 1.29 bits per heavy atom. The van der Waals surface area contributed by atoms with Crippen molar-refractivity contribution in [2.45, 2.75) is 51.4 Å². The highest BCUT2D eigenvalue weighted by molar-refractivity contribution is 5.80. The van der Waals surface area contributed by atoms with Gasteiger partial charge in [0.05, 0.1) is 0 Å². The maximum atomic E-state index is 5.68. The zero-order valence-electron chi connectivity index (χ0n) is 13.6. The zero-order chi connectivity index (χ0) is 14.5. The molecule has 3 aliphatic rings. The molecular weight excluding hydrogens is 262 g/mol. The molecule has 0 aromatic rings. The smallest absolute Gasteiger partial charge is 0.193 e. The topological polar surface area (TPSA) is 36.9 Å². The standard InChI is InChI=1S/C17H31N3O/c1-18-16(19-10-4-12-21-13-15-5-6-15)20-11-9-17(14-20)7-2-3-8-17/h15H,2-14H2,1H3,(H,18,19). The lowest BCUT2D eigenvalue weighted by Crippen LogP contribution is -2.41. The van der Waals surface area contributed by atoms with Crippen LogP contribution in [0, 0.1) is 11.3 Å². The molecule has 4 nitrogen and oxygen atoms in total. The minimum absolute atomic E-state index is 0.616. The van der Waals surface area contributed by atoms with E-state index < -0.39 is 0 Å². The molecule has 0 aromatic carbocycles. The van der Waals surface area contributed by atoms with Crippen molar-refractivity contribution in [3.05, 3.63) is 0 Å². The van der Waals surface area contributed by atoms with Crippen molar-refractivity contribution in [3.8, 4) is 0 Å². The molecule has 1 heterocycles. The van der Waals surface area contributed by atoms with Crippen molar-refractivity contribution in [1.29, 1.82) is 0 Å². The van der Waals surface area contributed by atoms with Gasteiger partial charge < -0.3 is 15.0 Å². The highest BCUT2D eigenvalue weighted by Crippen LogP contribution is 2.45. The van der Waals surface area contributed by atoms with E-state index in [0.717, 1.165) is 38.1 Å². The van der Waals surface area contributed by atoms with Gasteiger partial charge in [0.2, 0.25) is 0 Å². The Kier molecular flexibility index (Phi) is 5.04. The van der Waals surface area contributed by atoms with Gasteiger partial charge in [0.25, 0.3) is 0 Å². The molecule has 1 aliphatic heterocycles. The predicted molar refractivity (Wildman–Crippen MR) is 86.6 cm³/mol. The van der Waals surface area contributed by atoms with Gasteiger partial charge in [-0.1, -0.05) is 12.8 Å². The summed E-state index contributed by atoms with van der Waals surface area (Å²) in [5, 5.41) is 3.52. The Hall–Kier alpha value is -0.770. The molecule has 2 saturated carbocycles. The van der Waals surface area contributed by atoms with E-state index in [1.807, 2.05) is 7.05 Å². The third-order valence-corrected chi connectivity index (χ3v) is 5.41. The number of nitrogens with zero attached hydrogens (tertiary/aromatic N) is 2. The van der Waals surface area contributed by atoms with Crippen LogP contribution in [0.3, 0.4) is 0 Å². The van der Waals surface area contributed by atoms with Crippen molar-refractivity contribution in [2.75, 3.05) is 39.9 Å². The number of guanidine groups is 1. The molecular formula is C17H31N3O. The summed E-state index contributed by atoms with van der Waals surface area (Å²) in [7, 11) is 1.91. The first-order valence-corrected chi connectivity index (χ1v) is 8.85. The van der Waals surface area contributed by atoms with Gasteiger partial charge in [0.1, 0.15) is 0 Å². The van der Waals surface area contributed by atoms with Gasteiger partial charge in [0.15, 0.2) is 5.96 Å². The summed E-state index contributed by atoms with van der Waals surface area (Å²) >= 11 is 0. The highest BCUT2D eigenvalue weighted by atomic mass is 16.5. The number of hydrogen-bond acceptors (Lipinski definition) is 2. The number of rotatable bonds is 6. The molecule has 0 amide bonds. The normalized spacial score (nSPS) is 25.0. The van der Waals surface area contributed by atoms with Gasteiger partial charge in [-0.15, -0.1) is 0 Å². The van der Waals surface area contributed by atoms with Crippen LogP contribution in [0.1, 0.15) is 51.4 Å². The van der Waals surface area contributed by atoms with Gasteiger partial charge in [-0.05, 0) is 49.9 Å². The van der Waals surface area contributed by atoms with Crippen LogP contribution in [0.5, 0.6) is 0 Å². The molecule has 0 atom stereocenters. The summed E-state index contributed by atoms with van der Waals surface area (Å²) < 4.78 is 5.68. The third kappa shape index (κ3) is 4.12. The van der Waals surface area contributed by atoms with Crippen molar-refractivity contribution in [1.82, 2.24) is 10.2 Å². The lowest BCUT2D eigenvalue weighted by molar-refractivity contribution is 0.122. The number of likely N-dealkylation sites (tertiary alicyclic amines) is 1. The molecule has 1 spiro atoms. The van der Waals surface area contributed by atoms with Gasteiger partial charge in [-0.3, -0.25) is 4.99 Å². The van der Waals surface area contributed by atoms with E-state index in [4.69, 9.17) is 4.74 Å². The molecule has 0 aromatic heterocycles. The SMILES string of the molecule is CN=C(NCCCOCC1CC1)N1CCC2(CCCC2)C1. The van der Waals surface area contributed by atoms with E-state index in [0.29, 0.717) is 5.41 Å². The Morgan fingerprint density at radius 2 is 2.10 bits per heavy atom. The Morgan fingerprint density at radius 3 is 2.81 bits per heavy atom. The van der Waals surface area contributed by atoms with Crippen molar-refractivity contribution >= 4 is 5.96 Å². The van der Waals surface area contributed by atoms with Gasteiger partial charge >= 0.3 is 0 Å². The van der Waals surface area contributed by atoms with Crippen LogP contribution >= 0.6 is 0 Å². The summed E-state index contributed by atoms with van der Waals surface area (Å²) in [6, 6.07) is 0. The lowest BCUT2D eigenvalue weighted by Gasteiger charge is -2.25. The molecule has 0 radical (unpaired) electrons. The van der Waals surface area contributed by atoms with Gasteiger partial charge in [0, 0.05) is 39.9 Å². The van der Waals surface area contributed by atoms with Crippen LogP contribution in [0.15, 0.2) is 4.99 Å². The van der Waals surface area contributed by atoms with E-state index in [1.54, 1.807) is 0 Å². The Labute approximate surface area is 129 Å². The highest BCUT2D eigenvalue weighted by Gasteiger charge is 2.40. The zero-order valence-corrected chi connectivity index (χ0v) is 13.6. The second-order valence-corrected chi connectivity index (χ2v) is 7.22. The molecule has 0 bridgehead atoms. The molecule has 120 valence electrons. The summed E-state index contributed by atoms with van der Waals surface area (Å²) in [5.74, 6) is 1.97. The minimum Gasteiger partial charge on any atom is -0.381 e. The maximum absolute atomic E-state index is 5.68. The maximum Gasteiger partial charge on any atom is 0.193 e. The summed E-state index contributed by atoms with van der Waals surface area (Å²) in [6.07, 6.45) is 10.9. The molecule has 1 saturated heterocycles. The van der Waals surface area contributed by atoms with Crippen LogP contribution in [-0.2, 0) is 4.74 Å². The fourth-order valence-electron chi connectivity index (χ4n) is 3.89. The second kappa shape index (κ2) is 6.99. The third-order valence-electron chi connectivity index (χ3n) is 5.41. The summed E-state index contributed by atoms with van der Waals surface area (Å²) in [5.41, 5.74) is 0.616. The predicted octanol–water partition coefficient (Wildman–Crippen LogP) is 2.64. The van der Waals surface area contributed by atoms with Crippen molar-refractivity contribution < 1.29 is 4.74 Å². The monoisotopic (exact) mass is 293 g/mol. The summed E-state index contributed by atoms with van der Waals surface area (Å²) in [6.45, 7) is 5.22. The van der Waals surface area contributed by atoms with Crippen LogP contribution in [0.25, 0.3) is 0 Å². The fourth-order valence-corrected chi connectivity index (χ4v) is 3.89.